The molecule has 1 aliphatic heterocycles. The molecule has 2 aliphatic rings. The highest BCUT2D eigenvalue weighted by molar-refractivity contribution is 5.35. The zero-order valence-electron chi connectivity index (χ0n) is 13.7. The van der Waals surface area contributed by atoms with Crippen LogP contribution in [0.1, 0.15) is 42.7 Å². The SMILES string of the molecule is c1ccc(C(c2ccccc2)C2CNCC3(CCCC3)N2)cc1. The highest BCUT2D eigenvalue weighted by Gasteiger charge is 2.40. The van der Waals surface area contributed by atoms with Crippen LogP contribution in [0.2, 0.25) is 0 Å². The van der Waals surface area contributed by atoms with E-state index in [4.69, 9.17) is 0 Å². The Bertz CT molecular complexity index is 577. The molecule has 0 radical (unpaired) electrons. The van der Waals surface area contributed by atoms with Crippen molar-refractivity contribution in [3.8, 4) is 0 Å². The number of hydrogen-bond acceptors (Lipinski definition) is 2. The summed E-state index contributed by atoms with van der Waals surface area (Å²) >= 11 is 0. The van der Waals surface area contributed by atoms with E-state index in [-0.39, 0.29) is 0 Å². The van der Waals surface area contributed by atoms with Gasteiger partial charge in [-0.2, -0.15) is 0 Å². The van der Waals surface area contributed by atoms with Crippen molar-refractivity contribution in [3.05, 3.63) is 71.8 Å². The van der Waals surface area contributed by atoms with Crippen LogP contribution in [0.3, 0.4) is 0 Å². The molecule has 120 valence electrons. The van der Waals surface area contributed by atoms with E-state index in [1.54, 1.807) is 0 Å². The molecule has 23 heavy (non-hydrogen) atoms. The fourth-order valence-electron chi connectivity index (χ4n) is 4.51. The standard InChI is InChI=1S/C21H26N2/c1-3-9-17(10-4-1)20(18-11-5-2-6-12-18)19-15-22-16-21(23-19)13-7-8-14-21/h1-6,9-12,19-20,22-23H,7-8,13-16H2. The molecule has 1 saturated carbocycles. The topological polar surface area (TPSA) is 24.1 Å². The molecular weight excluding hydrogens is 280 g/mol. The van der Waals surface area contributed by atoms with Crippen LogP contribution in [0.25, 0.3) is 0 Å². The van der Waals surface area contributed by atoms with Gasteiger partial charge in [0.05, 0.1) is 0 Å². The molecule has 1 atom stereocenters. The van der Waals surface area contributed by atoms with Gasteiger partial charge in [0.15, 0.2) is 0 Å². The van der Waals surface area contributed by atoms with E-state index in [0.717, 1.165) is 13.1 Å². The minimum absolute atomic E-state index is 0.324. The van der Waals surface area contributed by atoms with E-state index in [2.05, 4.69) is 71.3 Å². The second kappa shape index (κ2) is 6.46. The third-order valence-electron chi connectivity index (χ3n) is 5.60. The molecule has 1 saturated heterocycles. The van der Waals surface area contributed by atoms with Crippen LogP contribution >= 0.6 is 0 Å². The highest BCUT2D eigenvalue weighted by Crippen LogP contribution is 2.35. The number of benzene rings is 2. The van der Waals surface area contributed by atoms with Crippen molar-refractivity contribution in [1.82, 2.24) is 10.6 Å². The molecule has 2 nitrogen and oxygen atoms in total. The Morgan fingerprint density at radius 1 is 0.826 bits per heavy atom. The molecule has 0 aromatic heterocycles. The molecule has 0 bridgehead atoms. The second-order valence-electron chi connectivity index (χ2n) is 7.17. The average molecular weight is 306 g/mol. The van der Waals surface area contributed by atoms with Gasteiger partial charge < -0.3 is 10.6 Å². The van der Waals surface area contributed by atoms with E-state index < -0.39 is 0 Å². The first kappa shape index (κ1) is 14.9. The zero-order chi connectivity index (χ0) is 15.5. The van der Waals surface area contributed by atoms with Crippen LogP contribution in [0.5, 0.6) is 0 Å². The van der Waals surface area contributed by atoms with Crippen LogP contribution < -0.4 is 10.6 Å². The summed E-state index contributed by atoms with van der Waals surface area (Å²) in [6.07, 6.45) is 5.35. The minimum Gasteiger partial charge on any atom is -0.313 e. The third-order valence-corrected chi connectivity index (χ3v) is 5.60. The summed E-state index contributed by atoms with van der Waals surface area (Å²) in [6, 6.07) is 22.4. The van der Waals surface area contributed by atoms with E-state index in [1.807, 2.05) is 0 Å². The third kappa shape index (κ3) is 3.06. The van der Waals surface area contributed by atoms with Crippen LogP contribution in [0.15, 0.2) is 60.7 Å². The summed E-state index contributed by atoms with van der Waals surface area (Å²) in [5.41, 5.74) is 3.14. The van der Waals surface area contributed by atoms with E-state index in [1.165, 1.54) is 36.8 Å². The number of hydrogen-bond donors (Lipinski definition) is 2. The lowest BCUT2D eigenvalue weighted by Crippen LogP contribution is -2.64. The summed E-state index contributed by atoms with van der Waals surface area (Å²) in [5.74, 6) is 0.405. The fourth-order valence-corrected chi connectivity index (χ4v) is 4.51. The van der Waals surface area contributed by atoms with Gasteiger partial charge in [0.25, 0.3) is 0 Å². The van der Waals surface area contributed by atoms with Gasteiger partial charge in [0.1, 0.15) is 0 Å². The van der Waals surface area contributed by atoms with Crippen LogP contribution in [0, 0.1) is 0 Å². The summed E-state index contributed by atoms with van der Waals surface area (Å²) < 4.78 is 0. The zero-order valence-corrected chi connectivity index (χ0v) is 13.7. The van der Waals surface area contributed by atoms with Crippen LogP contribution in [-0.2, 0) is 0 Å². The Hall–Kier alpha value is -1.64. The molecule has 1 spiro atoms. The van der Waals surface area contributed by atoms with E-state index in [9.17, 15) is 0 Å². The quantitative estimate of drug-likeness (QED) is 0.903. The van der Waals surface area contributed by atoms with Gasteiger partial charge in [-0.05, 0) is 24.0 Å². The molecule has 2 aromatic carbocycles. The second-order valence-corrected chi connectivity index (χ2v) is 7.17. The van der Waals surface area contributed by atoms with Gasteiger partial charge in [-0.25, -0.2) is 0 Å². The van der Waals surface area contributed by atoms with Crippen molar-refractivity contribution < 1.29 is 0 Å². The van der Waals surface area contributed by atoms with E-state index >= 15 is 0 Å². The predicted molar refractivity (Wildman–Crippen MR) is 95.7 cm³/mol. The molecular formula is C21H26N2. The maximum Gasteiger partial charge on any atom is 0.0309 e. The fraction of sp³-hybridized carbons (Fsp3) is 0.429. The highest BCUT2D eigenvalue weighted by atomic mass is 15.1. The summed E-state index contributed by atoms with van der Waals surface area (Å²) in [6.45, 7) is 2.16. The van der Waals surface area contributed by atoms with Gasteiger partial charge in [0.2, 0.25) is 0 Å². The molecule has 4 rings (SSSR count). The van der Waals surface area contributed by atoms with Crippen molar-refractivity contribution in [1.29, 1.82) is 0 Å². The lowest BCUT2D eigenvalue weighted by atomic mass is 9.81. The van der Waals surface area contributed by atoms with Crippen molar-refractivity contribution in [2.75, 3.05) is 13.1 Å². The molecule has 2 heteroatoms. The lowest BCUT2D eigenvalue weighted by molar-refractivity contribution is 0.216. The van der Waals surface area contributed by atoms with E-state index in [0.29, 0.717) is 17.5 Å². The molecule has 1 aliphatic carbocycles. The van der Waals surface area contributed by atoms with Gasteiger partial charge in [-0.15, -0.1) is 0 Å². The minimum atomic E-state index is 0.324. The Morgan fingerprint density at radius 2 is 1.39 bits per heavy atom. The summed E-state index contributed by atoms with van der Waals surface area (Å²) in [4.78, 5) is 0. The first-order valence-corrected chi connectivity index (χ1v) is 8.95. The van der Waals surface area contributed by atoms with Gasteiger partial charge >= 0.3 is 0 Å². The van der Waals surface area contributed by atoms with Gasteiger partial charge in [-0.1, -0.05) is 73.5 Å². The molecule has 1 heterocycles. The van der Waals surface area contributed by atoms with Crippen LogP contribution in [0.4, 0.5) is 0 Å². The Labute approximate surface area is 139 Å². The van der Waals surface area contributed by atoms with Crippen molar-refractivity contribution in [2.24, 2.45) is 0 Å². The van der Waals surface area contributed by atoms with Crippen molar-refractivity contribution in [2.45, 2.75) is 43.2 Å². The van der Waals surface area contributed by atoms with Crippen molar-refractivity contribution >= 4 is 0 Å². The Balaban J connectivity index is 1.68. The molecule has 0 amide bonds. The molecule has 1 unspecified atom stereocenters. The molecule has 2 fully saturated rings. The average Bonchev–Trinajstić information content (AvgIpc) is 3.05. The van der Waals surface area contributed by atoms with Crippen molar-refractivity contribution in [3.63, 3.8) is 0 Å². The van der Waals surface area contributed by atoms with Gasteiger partial charge in [-0.3, -0.25) is 0 Å². The first-order valence-electron chi connectivity index (χ1n) is 8.95. The first-order chi connectivity index (χ1) is 11.4. The smallest absolute Gasteiger partial charge is 0.0309 e. The lowest BCUT2D eigenvalue weighted by Gasteiger charge is -2.43. The number of rotatable bonds is 3. The Morgan fingerprint density at radius 3 is 1.96 bits per heavy atom. The summed E-state index contributed by atoms with van der Waals surface area (Å²) in [5, 5.41) is 7.79. The monoisotopic (exact) mass is 306 g/mol. The Kier molecular flexibility index (Phi) is 4.19. The van der Waals surface area contributed by atoms with Gasteiger partial charge in [0, 0.05) is 30.6 Å². The number of nitrogens with one attached hydrogen (secondary N) is 2. The number of piperazine rings is 1. The maximum absolute atomic E-state index is 4.06. The summed E-state index contributed by atoms with van der Waals surface area (Å²) in [7, 11) is 0. The normalized spacial score (nSPS) is 23.4. The molecule has 2 aromatic rings. The maximum atomic E-state index is 4.06. The predicted octanol–water partition coefficient (Wildman–Crippen LogP) is 3.69. The largest absolute Gasteiger partial charge is 0.313 e. The van der Waals surface area contributed by atoms with Crippen LogP contribution in [-0.4, -0.2) is 24.7 Å². The molecule has 2 N–H and O–H groups in total.